The fraction of sp³-hybridized carbons (Fsp3) is 1.00. The summed E-state index contributed by atoms with van der Waals surface area (Å²) in [6.07, 6.45) is 13.0. The van der Waals surface area contributed by atoms with Crippen LogP contribution < -0.4 is 0 Å². The summed E-state index contributed by atoms with van der Waals surface area (Å²) in [5.74, 6) is 2.91. The van der Waals surface area contributed by atoms with E-state index in [1.54, 1.807) is 0 Å². The molecule has 0 N–H and O–H groups in total. The van der Waals surface area contributed by atoms with Crippen LogP contribution in [0.5, 0.6) is 0 Å². The van der Waals surface area contributed by atoms with Gasteiger partial charge in [0, 0.05) is 0 Å². The van der Waals surface area contributed by atoms with Crippen LogP contribution in [0.3, 0.4) is 0 Å². The molecule has 1 saturated carbocycles. The molecule has 1 rings (SSSR count). The lowest BCUT2D eigenvalue weighted by Crippen LogP contribution is -2.19. The van der Waals surface area contributed by atoms with Crippen molar-refractivity contribution < 1.29 is 0 Å². The molecule has 0 amide bonds. The molecule has 0 bridgehead atoms. The zero-order chi connectivity index (χ0) is 13.6. The van der Waals surface area contributed by atoms with Gasteiger partial charge in [0.15, 0.2) is 0 Å². The second kappa shape index (κ2) is 7.56. The van der Waals surface area contributed by atoms with Crippen molar-refractivity contribution in [3.05, 3.63) is 0 Å². The molecular weight excluding hydrogens is 216 g/mol. The molecule has 4 unspecified atom stereocenters. The Morgan fingerprint density at radius 2 is 1.67 bits per heavy atom. The van der Waals surface area contributed by atoms with E-state index in [0.717, 1.165) is 17.8 Å². The highest BCUT2D eigenvalue weighted by atomic mass is 14.6. The SMILES string of the molecule is CCCCCCC1CC1(C)C(C)C(C)CCCC. The van der Waals surface area contributed by atoms with Gasteiger partial charge in [-0.05, 0) is 36.0 Å². The Labute approximate surface area is 116 Å². The fourth-order valence-corrected chi connectivity index (χ4v) is 3.71. The molecule has 0 aromatic rings. The average Bonchev–Trinajstić information content (AvgIpc) is 3.03. The van der Waals surface area contributed by atoms with Gasteiger partial charge < -0.3 is 0 Å². The molecule has 1 aliphatic carbocycles. The molecule has 18 heavy (non-hydrogen) atoms. The predicted octanol–water partition coefficient (Wildman–Crippen LogP) is 6.45. The molecule has 0 aliphatic heterocycles. The predicted molar refractivity (Wildman–Crippen MR) is 82.8 cm³/mol. The molecule has 4 atom stereocenters. The van der Waals surface area contributed by atoms with Crippen LogP contribution in [0.1, 0.15) is 92.4 Å². The first-order valence-electron chi connectivity index (χ1n) is 8.56. The highest BCUT2D eigenvalue weighted by molar-refractivity contribution is 5.02. The Balaban J connectivity index is 2.24. The van der Waals surface area contributed by atoms with Gasteiger partial charge in [-0.15, -0.1) is 0 Å². The van der Waals surface area contributed by atoms with E-state index in [2.05, 4.69) is 34.6 Å². The summed E-state index contributed by atoms with van der Waals surface area (Å²) in [6, 6.07) is 0. The van der Waals surface area contributed by atoms with Gasteiger partial charge in [0.1, 0.15) is 0 Å². The largest absolute Gasteiger partial charge is 0.0654 e. The van der Waals surface area contributed by atoms with Crippen molar-refractivity contribution in [1.82, 2.24) is 0 Å². The van der Waals surface area contributed by atoms with E-state index in [4.69, 9.17) is 0 Å². The van der Waals surface area contributed by atoms with E-state index in [1.807, 2.05) is 0 Å². The third kappa shape index (κ3) is 4.28. The minimum atomic E-state index is 0.694. The van der Waals surface area contributed by atoms with Gasteiger partial charge in [-0.3, -0.25) is 0 Å². The minimum absolute atomic E-state index is 0.694. The number of rotatable bonds is 10. The van der Waals surface area contributed by atoms with E-state index in [9.17, 15) is 0 Å². The van der Waals surface area contributed by atoms with E-state index in [0.29, 0.717) is 5.41 Å². The topological polar surface area (TPSA) is 0 Å². The first kappa shape index (κ1) is 16.1. The fourth-order valence-electron chi connectivity index (χ4n) is 3.71. The van der Waals surface area contributed by atoms with Crippen molar-refractivity contribution in [2.75, 3.05) is 0 Å². The second-order valence-electron chi connectivity index (χ2n) is 7.16. The smallest absolute Gasteiger partial charge is 0.0266 e. The first-order valence-corrected chi connectivity index (χ1v) is 8.56. The molecule has 108 valence electrons. The van der Waals surface area contributed by atoms with Crippen molar-refractivity contribution in [3.8, 4) is 0 Å². The standard InChI is InChI=1S/C18H36/c1-6-8-10-11-13-17-14-18(17,5)16(4)15(3)12-9-7-2/h15-17H,6-14H2,1-5H3. The van der Waals surface area contributed by atoms with Crippen LogP contribution in [0.2, 0.25) is 0 Å². The summed E-state index contributed by atoms with van der Waals surface area (Å²) in [5, 5.41) is 0. The van der Waals surface area contributed by atoms with Gasteiger partial charge in [-0.1, -0.05) is 79.6 Å². The van der Waals surface area contributed by atoms with Crippen molar-refractivity contribution in [2.45, 2.75) is 92.4 Å². The summed E-state index contributed by atoms with van der Waals surface area (Å²) in [6.45, 7) is 12.2. The van der Waals surface area contributed by atoms with Crippen molar-refractivity contribution in [2.24, 2.45) is 23.2 Å². The van der Waals surface area contributed by atoms with Crippen LogP contribution >= 0.6 is 0 Å². The minimum Gasteiger partial charge on any atom is -0.0654 e. The summed E-state index contributed by atoms with van der Waals surface area (Å²) in [4.78, 5) is 0. The second-order valence-corrected chi connectivity index (χ2v) is 7.16. The summed E-state index contributed by atoms with van der Waals surface area (Å²) in [5.41, 5.74) is 0.694. The van der Waals surface area contributed by atoms with Crippen LogP contribution in [-0.4, -0.2) is 0 Å². The maximum Gasteiger partial charge on any atom is -0.0266 e. The van der Waals surface area contributed by atoms with Crippen LogP contribution in [0, 0.1) is 23.2 Å². The average molecular weight is 252 g/mol. The van der Waals surface area contributed by atoms with Gasteiger partial charge in [0.2, 0.25) is 0 Å². The van der Waals surface area contributed by atoms with E-state index < -0.39 is 0 Å². The number of hydrogen-bond acceptors (Lipinski definition) is 0. The Morgan fingerprint density at radius 1 is 1.00 bits per heavy atom. The third-order valence-corrected chi connectivity index (χ3v) is 5.77. The monoisotopic (exact) mass is 252 g/mol. The Hall–Kier alpha value is 0. The first-order chi connectivity index (χ1) is 8.56. The molecule has 1 aliphatic rings. The lowest BCUT2D eigenvalue weighted by molar-refractivity contribution is 0.221. The van der Waals surface area contributed by atoms with Gasteiger partial charge >= 0.3 is 0 Å². The number of hydrogen-bond donors (Lipinski definition) is 0. The number of unbranched alkanes of at least 4 members (excludes halogenated alkanes) is 4. The van der Waals surface area contributed by atoms with Crippen LogP contribution in [-0.2, 0) is 0 Å². The summed E-state index contributed by atoms with van der Waals surface area (Å²) < 4.78 is 0. The maximum absolute atomic E-state index is 2.56. The highest BCUT2D eigenvalue weighted by Gasteiger charge is 2.53. The van der Waals surface area contributed by atoms with Gasteiger partial charge in [-0.25, -0.2) is 0 Å². The zero-order valence-electron chi connectivity index (χ0n) is 13.6. The van der Waals surface area contributed by atoms with Crippen molar-refractivity contribution in [3.63, 3.8) is 0 Å². The van der Waals surface area contributed by atoms with Gasteiger partial charge in [0.25, 0.3) is 0 Å². The molecule has 0 spiro atoms. The van der Waals surface area contributed by atoms with Crippen LogP contribution in [0.25, 0.3) is 0 Å². The zero-order valence-corrected chi connectivity index (χ0v) is 13.6. The highest BCUT2D eigenvalue weighted by Crippen LogP contribution is 2.61. The summed E-state index contributed by atoms with van der Waals surface area (Å²) in [7, 11) is 0. The lowest BCUT2D eigenvalue weighted by Gasteiger charge is -2.27. The van der Waals surface area contributed by atoms with E-state index >= 15 is 0 Å². The molecule has 0 aromatic carbocycles. The van der Waals surface area contributed by atoms with Crippen LogP contribution in [0.15, 0.2) is 0 Å². The van der Waals surface area contributed by atoms with E-state index in [-0.39, 0.29) is 0 Å². The molecule has 0 aromatic heterocycles. The van der Waals surface area contributed by atoms with Crippen molar-refractivity contribution >= 4 is 0 Å². The lowest BCUT2D eigenvalue weighted by atomic mass is 9.78. The maximum atomic E-state index is 2.56. The molecule has 0 heteroatoms. The van der Waals surface area contributed by atoms with Crippen molar-refractivity contribution in [1.29, 1.82) is 0 Å². The van der Waals surface area contributed by atoms with Gasteiger partial charge in [-0.2, -0.15) is 0 Å². The third-order valence-electron chi connectivity index (χ3n) is 5.77. The Morgan fingerprint density at radius 3 is 2.28 bits per heavy atom. The Kier molecular flexibility index (Phi) is 6.74. The summed E-state index contributed by atoms with van der Waals surface area (Å²) >= 11 is 0. The van der Waals surface area contributed by atoms with E-state index in [1.165, 1.54) is 57.8 Å². The normalized spacial score (nSPS) is 30.2. The van der Waals surface area contributed by atoms with Crippen LogP contribution in [0.4, 0.5) is 0 Å². The van der Waals surface area contributed by atoms with Gasteiger partial charge in [0.05, 0.1) is 0 Å². The molecule has 1 fully saturated rings. The molecule has 0 radical (unpaired) electrons. The molecule has 0 nitrogen and oxygen atoms in total. The molecule has 0 saturated heterocycles. The molecular formula is C18H36. The quantitative estimate of drug-likeness (QED) is 0.392. The molecule has 0 heterocycles. The Bertz CT molecular complexity index is 220.